The molecular formula is C18H25FN2. The van der Waals surface area contributed by atoms with E-state index in [-0.39, 0.29) is 11.5 Å². The fourth-order valence-corrected chi connectivity index (χ4v) is 5.76. The Balaban J connectivity index is 1.57. The van der Waals surface area contributed by atoms with Gasteiger partial charge in [-0.15, -0.1) is 0 Å². The first-order valence-electron chi connectivity index (χ1n) is 8.36. The number of rotatable bonds is 3. The lowest BCUT2D eigenvalue weighted by atomic mass is 9.48. The number of hydrogen-bond donors (Lipinski definition) is 2. The minimum atomic E-state index is -0.322. The van der Waals surface area contributed by atoms with Gasteiger partial charge in [-0.25, -0.2) is 4.39 Å². The number of para-hydroxylation sites is 1. The van der Waals surface area contributed by atoms with Gasteiger partial charge in [0.25, 0.3) is 0 Å². The van der Waals surface area contributed by atoms with Crippen molar-refractivity contribution in [3.05, 3.63) is 24.0 Å². The van der Waals surface area contributed by atoms with Crippen LogP contribution >= 0.6 is 0 Å². The molecule has 4 aliphatic rings. The summed E-state index contributed by atoms with van der Waals surface area (Å²) in [6.07, 6.45) is 8.41. The summed E-state index contributed by atoms with van der Waals surface area (Å²) >= 11 is 0. The lowest BCUT2D eigenvalue weighted by Crippen LogP contribution is -2.52. The molecule has 4 fully saturated rings. The molecule has 21 heavy (non-hydrogen) atoms. The number of nitrogen functional groups attached to an aromatic ring is 1. The highest BCUT2D eigenvalue weighted by molar-refractivity contribution is 5.67. The molecule has 1 aromatic rings. The highest BCUT2D eigenvalue weighted by Crippen LogP contribution is 2.61. The predicted octanol–water partition coefficient (Wildman–Crippen LogP) is 4.42. The van der Waals surface area contributed by atoms with Gasteiger partial charge in [0.05, 0.1) is 11.4 Å². The Hall–Kier alpha value is -1.25. The van der Waals surface area contributed by atoms with E-state index in [0.29, 0.717) is 11.5 Å². The standard InChI is InChI=1S/C18H25FN2/c1-11(21-16-4-2-3-15(19)17(16)20)18-8-12-5-13(9-18)7-14(6-12)10-18/h2-4,11-14,21H,5-10,20H2,1H3. The van der Waals surface area contributed by atoms with Gasteiger partial charge in [0, 0.05) is 6.04 Å². The van der Waals surface area contributed by atoms with Gasteiger partial charge >= 0.3 is 0 Å². The Morgan fingerprint density at radius 1 is 1.14 bits per heavy atom. The van der Waals surface area contributed by atoms with Gasteiger partial charge in [-0.3, -0.25) is 0 Å². The second-order valence-corrected chi connectivity index (χ2v) is 7.85. The third-order valence-corrected chi connectivity index (χ3v) is 6.43. The summed E-state index contributed by atoms with van der Waals surface area (Å²) in [6.45, 7) is 2.28. The number of halogens is 1. The lowest BCUT2D eigenvalue weighted by molar-refractivity contribution is -0.0602. The topological polar surface area (TPSA) is 38.0 Å². The Morgan fingerprint density at radius 2 is 1.71 bits per heavy atom. The van der Waals surface area contributed by atoms with Crippen molar-refractivity contribution in [3.8, 4) is 0 Å². The van der Waals surface area contributed by atoms with Crippen LogP contribution in [0.2, 0.25) is 0 Å². The maximum Gasteiger partial charge on any atom is 0.148 e. The average molecular weight is 288 g/mol. The summed E-state index contributed by atoms with van der Waals surface area (Å²) in [7, 11) is 0. The largest absolute Gasteiger partial charge is 0.395 e. The van der Waals surface area contributed by atoms with Crippen molar-refractivity contribution in [1.29, 1.82) is 0 Å². The van der Waals surface area contributed by atoms with Gasteiger partial charge in [0.1, 0.15) is 5.82 Å². The molecule has 3 heteroatoms. The maximum absolute atomic E-state index is 13.6. The molecule has 5 rings (SSSR count). The zero-order valence-corrected chi connectivity index (χ0v) is 12.7. The van der Waals surface area contributed by atoms with Crippen LogP contribution in [0.4, 0.5) is 15.8 Å². The van der Waals surface area contributed by atoms with E-state index in [4.69, 9.17) is 5.73 Å². The Morgan fingerprint density at radius 3 is 2.29 bits per heavy atom. The fraction of sp³-hybridized carbons (Fsp3) is 0.667. The number of nitrogens with one attached hydrogen (secondary N) is 1. The van der Waals surface area contributed by atoms with E-state index in [1.54, 1.807) is 6.07 Å². The highest BCUT2D eigenvalue weighted by atomic mass is 19.1. The van der Waals surface area contributed by atoms with Crippen molar-refractivity contribution in [2.75, 3.05) is 11.1 Å². The lowest BCUT2D eigenvalue weighted by Gasteiger charge is -2.59. The van der Waals surface area contributed by atoms with E-state index in [0.717, 1.165) is 23.4 Å². The molecule has 4 aliphatic carbocycles. The molecule has 1 unspecified atom stereocenters. The van der Waals surface area contributed by atoms with E-state index >= 15 is 0 Å². The van der Waals surface area contributed by atoms with Crippen molar-refractivity contribution in [2.24, 2.45) is 23.2 Å². The summed E-state index contributed by atoms with van der Waals surface area (Å²) < 4.78 is 13.6. The molecule has 0 saturated heterocycles. The van der Waals surface area contributed by atoms with Crippen LogP contribution in [0.5, 0.6) is 0 Å². The summed E-state index contributed by atoms with van der Waals surface area (Å²) in [5.74, 6) is 2.48. The molecule has 1 atom stereocenters. The second kappa shape index (κ2) is 4.62. The van der Waals surface area contributed by atoms with Crippen LogP contribution in [-0.4, -0.2) is 6.04 Å². The average Bonchev–Trinajstić information content (AvgIpc) is 2.42. The zero-order chi connectivity index (χ0) is 14.6. The van der Waals surface area contributed by atoms with Gasteiger partial charge < -0.3 is 11.1 Å². The Labute approximate surface area is 126 Å². The first-order valence-corrected chi connectivity index (χ1v) is 8.36. The van der Waals surface area contributed by atoms with Crippen molar-refractivity contribution in [1.82, 2.24) is 0 Å². The van der Waals surface area contributed by atoms with Gasteiger partial charge in [-0.05, 0) is 80.8 Å². The normalized spacial score (nSPS) is 38.5. The molecule has 0 aliphatic heterocycles. The number of nitrogens with two attached hydrogens (primary N) is 1. The van der Waals surface area contributed by atoms with E-state index in [2.05, 4.69) is 12.2 Å². The van der Waals surface area contributed by atoms with Crippen LogP contribution in [0.1, 0.15) is 45.4 Å². The van der Waals surface area contributed by atoms with Crippen LogP contribution < -0.4 is 11.1 Å². The first kappa shape index (κ1) is 13.4. The summed E-state index contributed by atoms with van der Waals surface area (Å²) in [5, 5.41) is 3.54. The Bertz CT molecular complexity index is 519. The minimum absolute atomic E-state index is 0.258. The third kappa shape index (κ3) is 2.13. The highest BCUT2D eigenvalue weighted by Gasteiger charge is 2.53. The molecule has 0 spiro atoms. The third-order valence-electron chi connectivity index (χ3n) is 6.43. The molecule has 3 N–H and O–H groups in total. The Kier molecular flexibility index (Phi) is 2.95. The number of hydrogen-bond acceptors (Lipinski definition) is 2. The van der Waals surface area contributed by atoms with Crippen LogP contribution in [0.3, 0.4) is 0 Å². The summed E-state index contributed by atoms with van der Waals surface area (Å²) in [5.41, 5.74) is 7.32. The minimum Gasteiger partial charge on any atom is -0.395 e. The molecule has 2 nitrogen and oxygen atoms in total. The van der Waals surface area contributed by atoms with E-state index in [9.17, 15) is 4.39 Å². The van der Waals surface area contributed by atoms with Gasteiger partial charge in [0.2, 0.25) is 0 Å². The van der Waals surface area contributed by atoms with Gasteiger partial charge in [-0.1, -0.05) is 6.07 Å². The molecule has 0 aromatic heterocycles. The monoisotopic (exact) mass is 288 g/mol. The van der Waals surface area contributed by atoms with Crippen LogP contribution in [0, 0.1) is 29.0 Å². The summed E-state index contributed by atoms with van der Waals surface area (Å²) in [6, 6.07) is 5.43. The molecule has 0 amide bonds. The molecule has 0 radical (unpaired) electrons. The van der Waals surface area contributed by atoms with Crippen molar-refractivity contribution >= 4 is 11.4 Å². The van der Waals surface area contributed by atoms with Gasteiger partial charge in [-0.2, -0.15) is 0 Å². The van der Waals surface area contributed by atoms with Crippen LogP contribution in [0.15, 0.2) is 18.2 Å². The van der Waals surface area contributed by atoms with Crippen molar-refractivity contribution in [3.63, 3.8) is 0 Å². The number of anilines is 2. The summed E-state index contributed by atoms with van der Waals surface area (Å²) in [4.78, 5) is 0. The molecule has 1 aromatic carbocycles. The van der Waals surface area contributed by atoms with E-state index in [1.165, 1.54) is 44.6 Å². The molecular weight excluding hydrogens is 263 g/mol. The molecule has 114 valence electrons. The van der Waals surface area contributed by atoms with E-state index in [1.807, 2.05) is 6.07 Å². The zero-order valence-electron chi connectivity index (χ0n) is 12.7. The van der Waals surface area contributed by atoms with Crippen molar-refractivity contribution in [2.45, 2.75) is 51.5 Å². The number of benzene rings is 1. The smallest absolute Gasteiger partial charge is 0.148 e. The van der Waals surface area contributed by atoms with Crippen molar-refractivity contribution < 1.29 is 4.39 Å². The van der Waals surface area contributed by atoms with Crippen LogP contribution in [-0.2, 0) is 0 Å². The molecule has 0 heterocycles. The fourth-order valence-electron chi connectivity index (χ4n) is 5.76. The second-order valence-electron chi connectivity index (χ2n) is 7.85. The first-order chi connectivity index (χ1) is 10.1. The maximum atomic E-state index is 13.6. The van der Waals surface area contributed by atoms with Gasteiger partial charge in [0.15, 0.2) is 0 Å². The molecule has 4 bridgehead atoms. The SMILES string of the molecule is CC(Nc1cccc(F)c1N)C12CC3CC(CC(C3)C1)C2. The quantitative estimate of drug-likeness (QED) is 0.808. The molecule has 4 saturated carbocycles. The predicted molar refractivity (Wildman–Crippen MR) is 84.5 cm³/mol. The van der Waals surface area contributed by atoms with E-state index < -0.39 is 0 Å². The van der Waals surface area contributed by atoms with Crippen LogP contribution in [0.25, 0.3) is 0 Å².